The van der Waals surface area contributed by atoms with E-state index in [-0.39, 0.29) is 128 Å². The monoisotopic (exact) mass is 1340 g/mol. The summed E-state index contributed by atoms with van der Waals surface area (Å²) in [6.07, 6.45) is 0. The van der Waals surface area contributed by atoms with Gasteiger partial charge >= 0.3 is 0 Å². The fraction of sp³-hybridized carbons (Fsp3) is 0. The van der Waals surface area contributed by atoms with E-state index in [1.807, 2.05) is 0 Å². The molecule has 0 aliphatic heterocycles. The standard InChI is InChI=1S/2C45H26N4O2/c2*1-3-12-27(13-4-1)30-18-11-21-37-40(30)34-23-22-29(26-39(34)51-37)44-46-43(28-14-5-2-6-15-28)47-45(48-44)49-35-19-9-7-16-31(35)32-24-25-38-41(42(32)49)33-17-8-10-20-36(33)50-38/h2*1-26H/i1D,3D,4D,7D,8D,9D,10D,11D,12D,13D,16D,17D,18D,19D,20D,21D,22D,23D,24D,25D,26D;1D,3D,4D,7D,8D,9D,10D,12D,13D,16D,17D,19D,20D,24D,25D. The van der Waals surface area contributed by atoms with E-state index in [9.17, 15) is 9.60 Å². The van der Waals surface area contributed by atoms with Crippen molar-refractivity contribution in [3.05, 3.63) is 315 Å². The van der Waals surface area contributed by atoms with E-state index in [2.05, 4.69) is 4.98 Å². The van der Waals surface area contributed by atoms with Gasteiger partial charge in [-0.1, -0.05) is 230 Å². The van der Waals surface area contributed by atoms with E-state index in [1.165, 1.54) is 4.57 Å². The van der Waals surface area contributed by atoms with Gasteiger partial charge in [0.15, 0.2) is 23.3 Å². The Morgan fingerprint density at radius 3 is 1.28 bits per heavy atom. The Morgan fingerprint density at radius 1 is 0.245 bits per heavy atom. The summed E-state index contributed by atoms with van der Waals surface area (Å²) >= 11 is 0. The third kappa shape index (κ3) is 9.03. The van der Waals surface area contributed by atoms with Crippen LogP contribution in [0.4, 0.5) is 0 Å². The van der Waals surface area contributed by atoms with Gasteiger partial charge in [0, 0.05) is 76.1 Å². The highest BCUT2D eigenvalue weighted by Crippen LogP contribution is 2.45. The zero-order valence-corrected chi connectivity index (χ0v) is 51.4. The summed E-state index contributed by atoms with van der Waals surface area (Å²) in [7, 11) is 0. The van der Waals surface area contributed by atoms with Gasteiger partial charge in [0.05, 0.1) is 82.2 Å². The quantitative estimate of drug-likeness (QED) is 0.144. The molecular weight excluding hydrogens is 1260 g/mol. The maximum Gasteiger partial charge on any atom is 0.238 e. The van der Waals surface area contributed by atoms with Crippen molar-refractivity contribution in [2.24, 2.45) is 0 Å². The number of rotatable bonds is 8. The molecule has 22 rings (SSSR count). The number of hydrogen-bond donors (Lipinski definition) is 0. The van der Waals surface area contributed by atoms with Gasteiger partial charge in [0.2, 0.25) is 11.9 Å². The normalized spacial score (nSPS) is 16.9. The fourth-order valence-corrected chi connectivity index (χ4v) is 12.9. The molecule has 0 saturated heterocycles. The summed E-state index contributed by atoms with van der Waals surface area (Å²) in [5, 5.41) is -1.30. The molecule has 12 heteroatoms. The molecule has 0 radical (unpaired) electrons. The van der Waals surface area contributed by atoms with Crippen LogP contribution in [0, 0.1) is 0 Å². The molecule has 0 saturated carbocycles. The van der Waals surface area contributed by atoms with E-state index < -0.39 is 262 Å². The van der Waals surface area contributed by atoms with Gasteiger partial charge in [0.1, 0.15) is 44.7 Å². The number of para-hydroxylation sites is 4. The van der Waals surface area contributed by atoms with Crippen molar-refractivity contribution < 1.29 is 67.0 Å². The van der Waals surface area contributed by atoms with Crippen LogP contribution in [-0.4, -0.2) is 39.0 Å². The molecule has 0 aliphatic carbocycles. The van der Waals surface area contributed by atoms with Crippen LogP contribution < -0.4 is 0 Å². The third-order valence-electron chi connectivity index (χ3n) is 17.2. The van der Waals surface area contributed by atoms with Crippen molar-refractivity contribution in [3.63, 3.8) is 0 Å². The molecule has 0 bridgehead atoms. The third-order valence-corrected chi connectivity index (χ3v) is 17.2. The van der Waals surface area contributed by atoms with E-state index >= 15 is 0 Å². The van der Waals surface area contributed by atoms with Crippen LogP contribution in [0.25, 0.3) is 211 Å². The summed E-state index contributed by atoms with van der Waals surface area (Å²) in [5.74, 6) is -1.29. The van der Waals surface area contributed by atoms with E-state index in [1.54, 1.807) is 97.1 Å². The molecule has 0 amide bonds. The Bertz CT molecular complexity index is 9390. The smallest absolute Gasteiger partial charge is 0.238 e. The van der Waals surface area contributed by atoms with Crippen LogP contribution in [-0.2, 0) is 0 Å². The van der Waals surface area contributed by atoms with Gasteiger partial charge in [-0.2, -0.15) is 19.9 Å². The first-order chi connectivity index (χ1) is 65.5. The molecular formula is C90H52N8O4. The van der Waals surface area contributed by atoms with Crippen molar-refractivity contribution in [3.8, 4) is 79.7 Å². The lowest BCUT2D eigenvalue weighted by Gasteiger charge is -2.11. The van der Waals surface area contributed by atoms with Crippen molar-refractivity contribution in [1.82, 2.24) is 39.0 Å². The number of aromatic nitrogens is 8. The van der Waals surface area contributed by atoms with Crippen LogP contribution in [0.3, 0.4) is 0 Å². The van der Waals surface area contributed by atoms with Crippen molar-refractivity contribution in [2.75, 3.05) is 0 Å². The highest BCUT2D eigenvalue weighted by molar-refractivity contribution is 6.26. The average molecular weight is 1350 g/mol. The molecule has 0 N–H and O–H groups in total. The Balaban J connectivity index is 0.000000165. The van der Waals surface area contributed by atoms with Crippen LogP contribution in [0.1, 0.15) is 49.3 Å². The number of hydrogen-bond acceptors (Lipinski definition) is 10. The van der Waals surface area contributed by atoms with Gasteiger partial charge in [-0.15, -0.1) is 0 Å². The molecule has 0 aliphatic rings. The lowest BCUT2D eigenvalue weighted by atomic mass is 9.99. The maximum atomic E-state index is 9.64. The molecule has 0 fully saturated rings. The Morgan fingerprint density at radius 2 is 0.696 bits per heavy atom. The minimum absolute atomic E-state index is 0.000548. The largest absolute Gasteiger partial charge is 0.456 e. The highest BCUT2D eigenvalue weighted by Gasteiger charge is 2.26. The van der Waals surface area contributed by atoms with Gasteiger partial charge in [-0.3, -0.25) is 9.13 Å². The second-order valence-corrected chi connectivity index (χ2v) is 22.9. The second-order valence-electron chi connectivity index (χ2n) is 22.9. The Hall–Kier alpha value is -14.1. The molecule has 476 valence electrons. The lowest BCUT2D eigenvalue weighted by molar-refractivity contribution is 0.668. The minimum atomic E-state index is -0.785. The van der Waals surface area contributed by atoms with Gasteiger partial charge in [-0.05, 0) is 107 Å². The molecule has 12 nitrogen and oxygen atoms in total. The Labute approximate surface area is 630 Å². The molecule has 0 spiro atoms. The van der Waals surface area contributed by atoms with Gasteiger partial charge in [0.25, 0.3) is 0 Å². The SMILES string of the molecule is [2H]c1c([2H])c([2H])c(-c2c([2H])c([2H])c([2H])c3oc4c([2H])c(-c5nc(-c6ccccc6)nc(-n6c7c([2H])c([2H])c([2H])c([2H])c7c7c([2H])c([2H])c8oc9c([2H])c([2H])c([2H])c([2H])c9c8c76)n5)c([2H])c([2H])c4c23)c([2H])c1[2H].[2H]c1c([2H])c([2H])c(-c2cccc3oc4cc(-c5nc(-c6ccccc6)nc(-n6c7c([2H])c([2H])c([2H])c([2H])c7c7c([2H])c([2H])c8oc9c([2H])c([2H])c([2H])c([2H])c9c8c76)n5)ccc4c23)c([2H])c1[2H]. The second kappa shape index (κ2) is 22.7. The first-order valence-corrected chi connectivity index (χ1v) is 31.0. The first kappa shape index (κ1) is 32.1. The fourth-order valence-electron chi connectivity index (χ4n) is 12.9. The maximum absolute atomic E-state index is 9.64. The summed E-state index contributed by atoms with van der Waals surface area (Å²) in [6.45, 7) is 0. The van der Waals surface area contributed by atoms with E-state index in [0.717, 1.165) is 4.57 Å². The summed E-state index contributed by atoms with van der Waals surface area (Å²) < 4.78 is 344. The molecule has 22 aromatic rings. The van der Waals surface area contributed by atoms with E-state index in [0.29, 0.717) is 38.6 Å². The predicted molar refractivity (Wildman–Crippen MR) is 410 cm³/mol. The average Bonchev–Trinajstić information content (AvgIpc) is 1.52. The van der Waals surface area contributed by atoms with Crippen LogP contribution in [0.5, 0.6) is 0 Å². The molecule has 14 aromatic carbocycles. The number of fused-ring (bicyclic) bond motifs is 20. The summed E-state index contributed by atoms with van der Waals surface area (Å²) in [6, 6.07) is 4.07. The number of nitrogens with zero attached hydrogens (tertiary/aromatic N) is 8. The molecule has 0 unspecified atom stereocenters. The van der Waals surface area contributed by atoms with Gasteiger partial charge in [-0.25, -0.2) is 9.97 Å². The van der Waals surface area contributed by atoms with Crippen molar-refractivity contribution in [1.29, 1.82) is 0 Å². The summed E-state index contributed by atoms with van der Waals surface area (Å²) in [4.78, 5) is 28.7. The zero-order chi connectivity index (χ0) is 98.3. The number of benzene rings is 14. The Kier molecular flexibility index (Phi) is 7.15. The molecule has 0 atom stereocenters. The first-order valence-electron chi connectivity index (χ1n) is 49.0. The van der Waals surface area contributed by atoms with Crippen LogP contribution in [0.2, 0.25) is 0 Å². The molecule has 102 heavy (non-hydrogen) atoms. The molecule has 8 heterocycles. The van der Waals surface area contributed by atoms with Crippen molar-refractivity contribution >= 4 is 131 Å². The highest BCUT2D eigenvalue weighted by atomic mass is 16.3. The van der Waals surface area contributed by atoms with Crippen LogP contribution in [0.15, 0.2) is 332 Å². The lowest BCUT2D eigenvalue weighted by Crippen LogP contribution is -2.06. The van der Waals surface area contributed by atoms with Crippen LogP contribution >= 0.6 is 0 Å². The zero-order valence-electron chi connectivity index (χ0n) is 87.4. The van der Waals surface area contributed by atoms with Gasteiger partial charge < -0.3 is 17.7 Å². The molecule has 8 aromatic heterocycles. The topological polar surface area (TPSA) is 140 Å². The number of furan rings is 4. The minimum Gasteiger partial charge on any atom is -0.456 e. The van der Waals surface area contributed by atoms with Crippen molar-refractivity contribution in [2.45, 2.75) is 0 Å². The predicted octanol–water partition coefficient (Wildman–Crippen LogP) is 23.5. The summed E-state index contributed by atoms with van der Waals surface area (Å²) in [5.41, 5.74) is -2.67. The van der Waals surface area contributed by atoms with E-state index in [4.69, 9.17) is 82.3 Å².